The van der Waals surface area contributed by atoms with Crippen molar-refractivity contribution < 1.29 is 49.3 Å². The van der Waals surface area contributed by atoms with Crippen LogP contribution in [0.3, 0.4) is 0 Å². The van der Waals surface area contributed by atoms with E-state index in [1.54, 1.807) is 6.08 Å². The molecule has 1 aliphatic rings. The van der Waals surface area contributed by atoms with Gasteiger partial charge in [0, 0.05) is 6.42 Å². The number of nitrogens with one attached hydrogen (secondary N) is 1. The summed E-state index contributed by atoms with van der Waals surface area (Å²) in [6.45, 7) is 5.78. The largest absolute Gasteiger partial charge is 0.454 e. The highest BCUT2D eigenvalue weighted by Gasteiger charge is 2.47. The molecule has 0 saturated carbocycles. The SMILES string of the molecule is CCCCC/C=C\C/C=C\C/C=C\C/C=C\CCCCCC(=O)OC1C(OCC(NC(=O)C(O)CCCCCCCCCCCCCCCCCCCCCCCC)C(O)/C=C/CCCCCCCCCCCC)OC(CO)C(O)C1O. The van der Waals surface area contributed by atoms with E-state index < -0.39 is 67.4 Å². The summed E-state index contributed by atoms with van der Waals surface area (Å²) in [5.41, 5.74) is 0. The van der Waals surface area contributed by atoms with Crippen LogP contribution in [0.25, 0.3) is 0 Å². The summed E-state index contributed by atoms with van der Waals surface area (Å²) in [6, 6.07) is -1.03. The molecule has 478 valence electrons. The van der Waals surface area contributed by atoms with Gasteiger partial charge in [-0.25, -0.2) is 0 Å². The van der Waals surface area contributed by atoms with Crippen LogP contribution in [0.5, 0.6) is 0 Å². The standard InChI is InChI=1S/C71H129NO10/c1-4-7-10-13-16-19-22-25-27-29-31-32-33-35-36-38-40-43-46-49-52-55-58-64(75)70(79)72-62(63(74)57-54-51-48-45-42-24-21-18-15-12-9-6-3)61-80-71-69(68(78)67(77)65(60-73)81-71)82-66(76)59-56-53-50-47-44-41-39-37-34-30-28-26-23-20-17-14-11-8-5-2/h17,20,26,28,34,37,41,44,54,57,62-65,67-69,71,73-75,77-78H,4-16,18-19,21-25,27,29-33,35-36,38-40,42-43,45-53,55-56,58-61H2,1-3H3,(H,72,79)/b20-17-,28-26-,37-34-,44-41-,57-54+. The van der Waals surface area contributed by atoms with E-state index in [0.29, 0.717) is 19.3 Å². The number of carbonyl (C=O) groups is 2. The molecule has 8 atom stereocenters. The van der Waals surface area contributed by atoms with Gasteiger partial charge in [0.05, 0.1) is 25.4 Å². The first kappa shape index (κ1) is 77.4. The van der Waals surface area contributed by atoms with Crippen LogP contribution in [-0.4, -0.2) is 99.6 Å². The van der Waals surface area contributed by atoms with Crippen molar-refractivity contribution >= 4 is 11.9 Å². The van der Waals surface area contributed by atoms with Gasteiger partial charge in [-0.1, -0.05) is 300 Å². The third kappa shape index (κ3) is 45.7. The molecular formula is C71H129NO10. The van der Waals surface area contributed by atoms with Gasteiger partial charge in [-0.2, -0.15) is 0 Å². The normalized spacial score (nSPS) is 19.0. The summed E-state index contributed by atoms with van der Waals surface area (Å²) < 4.78 is 17.6. The van der Waals surface area contributed by atoms with Crippen LogP contribution in [0.2, 0.25) is 0 Å². The number of hydrogen-bond acceptors (Lipinski definition) is 10. The van der Waals surface area contributed by atoms with Crippen molar-refractivity contribution in [2.24, 2.45) is 0 Å². The Labute approximate surface area is 503 Å². The minimum Gasteiger partial charge on any atom is -0.454 e. The van der Waals surface area contributed by atoms with Crippen LogP contribution >= 0.6 is 0 Å². The van der Waals surface area contributed by atoms with Crippen LogP contribution < -0.4 is 5.32 Å². The summed E-state index contributed by atoms with van der Waals surface area (Å²) in [4.78, 5) is 26.6. The average Bonchev–Trinajstić information content (AvgIpc) is 3.44. The number of carbonyl (C=O) groups excluding carboxylic acids is 2. The molecule has 0 aromatic carbocycles. The van der Waals surface area contributed by atoms with Gasteiger partial charge in [0.2, 0.25) is 5.91 Å². The number of allylic oxidation sites excluding steroid dienone is 9. The maximum absolute atomic E-state index is 13.5. The maximum Gasteiger partial charge on any atom is 0.306 e. The first-order valence-electron chi connectivity index (χ1n) is 34.6. The summed E-state index contributed by atoms with van der Waals surface area (Å²) >= 11 is 0. The van der Waals surface area contributed by atoms with Crippen LogP contribution in [0.4, 0.5) is 0 Å². The van der Waals surface area contributed by atoms with E-state index in [-0.39, 0.29) is 13.0 Å². The van der Waals surface area contributed by atoms with Crippen LogP contribution in [0.15, 0.2) is 60.8 Å². The van der Waals surface area contributed by atoms with Crippen molar-refractivity contribution in [2.75, 3.05) is 13.2 Å². The average molecular weight is 1160 g/mol. The molecule has 1 saturated heterocycles. The minimum atomic E-state index is -1.63. The molecule has 0 radical (unpaired) electrons. The fourth-order valence-corrected chi connectivity index (χ4v) is 10.7. The van der Waals surface area contributed by atoms with Gasteiger partial charge in [0.25, 0.3) is 0 Å². The van der Waals surface area contributed by atoms with Gasteiger partial charge < -0.3 is 45.1 Å². The molecule has 11 heteroatoms. The molecule has 82 heavy (non-hydrogen) atoms. The first-order chi connectivity index (χ1) is 40.2. The molecule has 6 N–H and O–H groups in total. The lowest BCUT2D eigenvalue weighted by Gasteiger charge is -2.41. The quantitative estimate of drug-likeness (QED) is 0.0195. The summed E-state index contributed by atoms with van der Waals surface area (Å²) in [6.07, 6.45) is 64.0. The van der Waals surface area contributed by atoms with E-state index in [4.69, 9.17) is 14.2 Å². The van der Waals surface area contributed by atoms with Crippen molar-refractivity contribution in [1.82, 2.24) is 5.32 Å². The lowest BCUT2D eigenvalue weighted by atomic mass is 9.99. The third-order valence-electron chi connectivity index (χ3n) is 16.2. The molecule has 0 aromatic rings. The van der Waals surface area contributed by atoms with E-state index in [2.05, 4.69) is 74.7 Å². The van der Waals surface area contributed by atoms with Crippen molar-refractivity contribution in [3.63, 3.8) is 0 Å². The maximum atomic E-state index is 13.5. The van der Waals surface area contributed by atoms with E-state index in [9.17, 15) is 35.1 Å². The Hall–Kier alpha value is -2.64. The highest BCUT2D eigenvalue weighted by molar-refractivity contribution is 5.80. The monoisotopic (exact) mass is 1160 g/mol. The van der Waals surface area contributed by atoms with Crippen molar-refractivity contribution in [3.8, 4) is 0 Å². The Morgan fingerprint density at radius 1 is 0.476 bits per heavy atom. The van der Waals surface area contributed by atoms with E-state index in [1.165, 1.54) is 193 Å². The second-order valence-electron chi connectivity index (χ2n) is 23.9. The number of aliphatic hydroxyl groups is 5. The Morgan fingerprint density at radius 2 is 0.841 bits per heavy atom. The Kier molecular flexibility index (Phi) is 55.4. The molecule has 1 rings (SSSR count). The topological polar surface area (TPSA) is 175 Å². The molecule has 0 spiro atoms. The molecule has 0 bridgehead atoms. The molecule has 1 amide bonds. The van der Waals surface area contributed by atoms with E-state index in [0.717, 1.165) is 77.0 Å². The molecule has 1 aliphatic heterocycles. The molecular weight excluding hydrogens is 1030 g/mol. The second kappa shape index (κ2) is 58.7. The van der Waals surface area contributed by atoms with Crippen LogP contribution in [-0.2, 0) is 23.8 Å². The number of aliphatic hydroxyl groups excluding tert-OH is 5. The second-order valence-corrected chi connectivity index (χ2v) is 23.9. The Bertz CT molecular complexity index is 1560. The zero-order chi connectivity index (χ0) is 59.6. The summed E-state index contributed by atoms with van der Waals surface area (Å²) in [7, 11) is 0. The van der Waals surface area contributed by atoms with Crippen molar-refractivity contribution in [3.05, 3.63) is 60.8 Å². The lowest BCUT2D eigenvalue weighted by molar-refractivity contribution is -0.305. The zero-order valence-corrected chi connectivity index (χ0v) is 53.1. The van der Waals surface area contributed by atoms with Gasteiger partial charge in [-0.05, 0) is 70.6 Å². The highest BCUT2D eigenvalue weighted by atomic mass is 16.7. The van der Waals surface area contributed by atoms with E-state index in [1.807, 2.05) is 6.08 Å². The van der Waals surface area contributed by atoms with Crippen molar-refractivity contribution in [2.45, 2.75) is 365 Å². The molecule has 0 aromatic heterocycles. The molecule has 1 fully saturated rings. The van der Waals surface area contributed by atoms with Crippen LogP contribution in [0, 0.1) is 0 Å². The molecule has 0 aliphatic carbocycles. The number of unbranched alkanes of at least 4 members (excludes halogenated alkanes) is 37. The molecule has 1 heterocycles. The van der Waals surface area contributed by atoms with Gasteiger partial charge in [-0.15, -0.1) is 0 Å². The fraction of sp³-hybridized carbons (Fsp3) is 0.831. The predicted octanol–water partition coefficient (Wildman–Crippen LogP) is 17.3. The lowest BCUT2D eigenvalue weighted by Crippen LogP contribution is -2.61. The minimum absolute atomic E-state index is 0.0861. The number of rotatable bonds is 59. The highest BCUT2D eigenvalue weighted by Crippen LogP contribution is 2.26. The Balaban J connectivity index is 2.62. The number of hydrogen-bond donors (Lipinski definition) is 6. The molecule has 8 unspecified atom stereocenters. The summed E-state index contributed by atoms with van der Waals surface area (Å²) in [5.74, 6) is -1.22. The third-order valence-corrected chi connectivity index (χ3v) is 16.2. The fourth-order valence-electron chi connectivity index (χ4n) is 10.7. The Morgan fingerprint density at radius 3 is 1.28 bits per heavy atom. The van der Waals surface area contributed by atoms with Gasteiger partial charge >= 0.3 is 5.97 Å². The molecule has 11 nitrogen and oxygen atoms in total. The van der Waals surface area contributed by atoms with Gasteiger partial charge in [-0.3, -0.25) is 9.59 Å². The smallest absolute Gasteiger partial charge is 0.306 e. The van der Waals surface area contributed by atoms with Gasteiger partial charge in [0.15, 0.2) is 12.4 Å². The number of ether oxygens (including phenoxy) is 3. The summed E-state index contributed by atoms with van der Waals surface area (Å²) in [5, 5.41) is 57.2. The van der Waals surface area contributed by atoms with Crippen molar-refractivity contribution in [1.29, 1.82) is 0 Å². The zero-order valence-electron chi connectivity index (χ0n) is 53.1. The number of amides is 1. The number of esters is 1. The van der Waals surface area contributed by atoms with Crippen LogP contribution in [0.1, 0.15) is 316 Å². The first-order valence-corrected chi connectivity index (χ1v) is 34.6. The predicted molar refractivity (Wildman–Crippen MR) is 343 cm³/mol. The van der Waals surface area contributed by atoms with E-state index >= 15 is 0 Å². The van der Waals surface area contributed by atoms with Gasteiger partial charge in [0.1, 0.15) is 24.4 Å².